The highest BCUT2D eigenvalue weighted by molar-refractivity contribution is 5.78. The van der Waals surface area contributed by atoms with E-state index in [1.54, 1.807) is 17.0 Å². The molecule has 0 saturated heterocycles. The Morgan fingerprint density at radius 1 is 1.32 bits per heavy atom. The number of carbonyl (C=O) groups is 1. The van der Waals surface area contributed by atoms with Crippen LogP contribution in [0.5, 0.6) is 0 Å². The standard InChI is InChI=1S/C25H30FN3O2/c1-4-17(2)5-10-22-18(3)27-23(28-25(22)31)11-12-24(30)29-15-13-20(14-16-29)19-6-8-21(26)9-7-19/h5-10,13,17H,4,11-12,14-16H2,1-3H3,(H,27,28,31)/b10-5-. The predicted octanol–water partition coefficient (Wildman–Crippen LogP) is 4.53. The molecular weight excluding hydrogens is 393 g/mol. The van der Waals surface area contributed by atoms with Gasteiger partial charge in [-0.1, -0.05) is 50.6 Å². The lowest BCUT2D eigenvalue weighted by molar-refractivity contribution is -0.130. The van der Waals surface area contributed by atoms with Crippen LogP contribution in [0.1, 0.15) is 55.8 Å². The third kappa shape index (κ3) is 6.00. The molecule has 1 atom stereocenters. The van der Waals surface area contributed by atoms with Crippen LogP contribution in [-0.4, -0.2) is 33.9 Å². The topological polar surface area (TPSA) is 66.1 Å². The number of nitrogens with zero attached hydrogens (tertiary/aromatic N) is 2. The Morgan fingerprint density at radius 3 is 2.68 bits per heavy atom. The van der Waals surface area contributed by atoms with E-state index in [4.69, 9.17) is 0 Å². The zero-order valence-electron chi connectivity index (χ0n) is 18.5. The van der Waals surface area contributed by atoms with E-state index in [9.17, 15) is 14.0 Å². The Balaban J connectivity index is 1.58. The van der Waals surface area contributed by atoms with Gasteiger partial charge in [0.1, 0.15) is 11.6 Å². The number of H-pyrrole nitrogens is 1. The van der Waals surface area contributed by atoms with Gasteiger partial charge >= 0.3 is 0 Å². The quantitative estimate of drug-likeness (QED) is 0.712. The van der Waals surface area contributed by atoms with Gasteiger partial charge in [-0.15, -0.1) is 0 Å². The number of aromatic amines is 1. The summed E-state index contributed by atoms with van der Waals surface area (Å²) in [4.78, 5) is 34.2. The van der Waals surface area contributed by atoms with E-state index in [1.165, 1.54) is 12.1 Å². The summed E-state index contributed by atoms with van der Waals surface area (Å²) in [6, 6.07) is 6.44. The highest BCUT2D eigenvalue weighted by Gasteiger charge is 2.18. The lowest BCUT2D eigenvalue weighted by Gasteiger charge is -2.26. The molecule has 2 heterocycles. The Hall–Kier alpha value is -3.02. The van der Waals surface area contributed by atoms with Crippen molar-refractivity contribution in [2.45, 2.75) is 46.5 Å². The van der Waals surface area contributed by atoms with E-state index in [0.29, 0.717) is 48.9 Å². The van der Waals surface area contributed by atoms with Crippen molar-refractivity contribution in [3.8, 4) is 0 Å². The van der Waals surface area contributed by atoms with Gasteiger partial charge in [0.2, 0.25) is 5.91 Å². The molecule has 1 aromatic carbocycles. The van der Waals surface area contributed by atoms with E-state index >= 15 is 0 Å². The number of nitrogens with one attached hydrogen (secondary N) is 1. The fourth-order valence-corrected chi connectivity index (χ4v) is 3.57. The zero-order valence-corrected chi connectivity index (χ0v) is 18.5. The van der Waals surface area contributed by atoms with Gasteiger partial charge in [-0.05, 0) is 42.5 Å². The van der Waals surface area contributed by atoms with Gasteiger partial charge in [0.25, 0.3) is 5.56 Å². The van der Waals surface area contributed by atoms with E-state index < -0.39 is 0 Å². The van der Waals surface area contributed by atoms with Crippen molar-refractivity contribution < 1.29 is 9.18 Å². The molecule has 0 radical (unpaired) electrons. The average molecular weight is 424 g/mol. The van der Waals surface area contributed by atoms with Gasteiger partial charge in [0.05, 0.1) is 11.3 Å². The molecule has 1 aromatic heterocycles. The van der Waals surface area contributed by atoms with Crippen LogP contribution in [0.15, 0.2) is 41.2 Å². The first-order valence-electron chi connectivity index (χ1n) is 10.9. The maximum absolute atomic E-state index is 13.1. The minimum Gasteiger partial charge on any atom is -0.339 e. The maximum atomic E-state index is 13.1. The summed E-state index contributed by atoms with van der Waals surface area (Å²) in [5.41, 5.74) is 3.21. The first-order valence-corrected chi connectivity index (χ1v) is 10.9. The van der Waals surface area contributed by atoms with Crippen LogP contribution in [0, 0.1) is 18.7 Å². The van der Waals surface area contributed by atoms with Crippen LogP contribution >= 0.6 is 0 Å². The van der Waals surface area contributed by atoms with Crippen LogP contribution in [0.3, 0.4) is 0 Å². The molecule has 1 N–H and O–H groups in total. The number of carbonyl (C=O) groups excluding carboxylic acids is 1. The molecule has 0 fully saturated rings. The van der Waals surface area contributed by atoms with E-state index in [1.807, 2.05) is 25.2 Å². The van der Waals surface area contributed by atoms with Crippen LogP contribution in [0.4, 0.5) is 4.39 Å². The molecule has 1 aliphatic heterocycles. The highest BCUT2D eigenvalue weighted by Crippen LogP contribution is 2.23. The first-order chi connectivity index (χ1) is 14.9. The largest absolute Gasteiger partial charge is 0.339 e. The second kappa shape index (κ2) is 10.3. The fourth-order valence-electron chi connectivity index (χ4n) is 3.57. The van der Waals surface area contributed by atoms with Crippen molar-refractivity contribution in [3.63, 3.8) is 0 Å². The number of aromatic nitrogens is 2. The van der Waals surface area contributed by atoms with E-state index in [0.717, 1.165) is 24.0 Å². The molecule has 1 amide bonds. The molecule has 5 nitrogen and oxygen atoms in total. The molecule has 164 valence electrons. The second-order valence-electron chi connectivity index (χ2n) is 8.08. The molecule has 3 rings (SSSR count). The molecule has 0 saturated carbocycles. The molecule has 0 spiro atoms. The van der Waals surface area contributed by atoms with E-state index in [-0.39, 0.29) is 17.3 Å². The van der Waals surface area contributed by atoms with Crippen LogP contribution in [-0.2, 0) is 11.2 Å². The number of benzene rings is 1. The molecule has 0 bridgehead atoms. The molecular formula is C25H30FN3O2. The average Bonchev–Trinajstić information content (AvgIpc) is 2.77. The van der Waals surface area contributed by atoms with E-state index in [2.05, 4.69) is 23.8 Å². The highest BCUT2D eigenvalue weighted by atomic mass is 19.1. The zero-order chi connectivity index (χ0) is 22.4. The number of halogens is 1. The van der Waals surface area contributed by atoms with Crippen LogP contribution in [0.25, 0.3) is 11.6 Å². The molecule has 1 aliphatic rings. The maximum Gasteiger partial charge on any atom is 0.258 e. The van der Waals surface area contributed by atoms with Gasteiger partial charge in [-0.25, -0.2) is 9.37 Å². The number of aryl methyl sites for hydroxylation is 2. The third-order valence-electron chi connectivity index (χ3n) is 5.78. The van der Waals surface area contributed by atoms with Gasteiger partial charge in [0, 0.05) is 25.9 Å². The summed E-state index contributed by atoms with van der Waals surface area (Å²) in [6.07, 6.45) is 8.33. The minimum atomic E-state index is -0.251. The van der Waals surface area contributed by atoms with Gasteiger partial charge < -0.3 is 9.88 Å². The van der Waals surface area contributed by atoms with Crippen molar-refractivity contribution in [2.75, 3.05) is 13.1 Å². The lowest BCUT2D eigenvalue weighted by atomic mass is 9.99. The Morgan fingerprint density at radius 2 is 2.06 bits per heavy atom. The predicted molar refractivity (Wildman–Crippen MR) is 122 cm³/mol. The summed E-state index contributed by atoms with van der Waals surface area (Å²) >= 11 is 0. The first kappa shape index (κ1) is 22.7. The van der Waals surface area contributed by atoms with Gasteiger partial charge in [-0.3, -0.25) is 9.59 Å². The molecule has 2 aromatic rings. The number of amides is 1. The number of rotatable bonds is 7. The van der Waals surface area contributed by atoms with Crippen molar-refractivity contribution in [1.29, 1.82) is 0 Å². The minimum absolute atomic E-state index is 0.0375. The summed E-state index contributed by atoms with van der Waals surface area (Å²) in [5.74, 6) is 0.725. The number of allylic oxidation sites excluding steroid dienone is 1. The second-order valence-corrected chi connectivity index (χ2v) is 8.08. The van der Waals surface area contributed by atoms with Crippen molar-refractivity contribution >= 4 is 17.6 Å². The Labute approximate surface area is 182 Å². The van der Waals surface area contributed by atoms with Gasteiger partial charge in [-0.2, -0.15) is 0 Å². The van der Waals surface area contributed by atoms with Crippen LogP contribution < -0.4 is 5.56 Å². The number of hydrogen-bond acceptors (Lipinski definition) is 3. The Bertz CT molecular complexity index is 1040. The normalized spacial score (nSPS) is 15.2. The van der Waals surface area contributed by atoms with Crippen molar-refractivity contribution in [2.24, 2.45) is 5.92 Å². The van der Waals surface area contributed by atoms with Crippen molar-refractivity contribution in [3.05, 3.63) is 75.2 Å². The van der Waals surface area contributed by atoms with Gasteiger partial charge in [0.15, 0.2) is 0 Å². The van der Waals surface area contributed by atoms with Crippen molar-refractivity contribution in [1.82, 2.24) is 14.9 Å². The SMILES string of the molecule is CCC(C)/C=C\c1c(C)nc(CCC(=O)N2CC=C(c3ccc(F)cc3)CC2)[nH]c1=O. The summed E-state index contributed by atoms with van der Waals surface area (Å²) < 4.78 is 13.1. The summed E-state index contributed by atoms with van der Waals surface area (Å²) in [7, 11) is 0. The molecule has 1 unspecified atom stereocenters. The third-order valence-corrected chi connectivity index (χ3v) is 5.78. The fraction of sp³-hybridized carbons (Fsp3) is 0.400. The number of hydrogen-bond donors (Lipinski definition) is 1. The summed E-state index contributed by atoms with van der Waals surface area (Å²) in [5, 5.41) is 0. The summed E-state index contributed by atoms with van der Waals surface area (Å²) in [6.45, 7) is 7.19. The van der Waals surface area contributed by atoms with Crippen LogP contribution in [0.2, 0.25) is 0 Å². The Kier molecular flexibility index (Phi) is 7.55. The monoisotopic (exact) mass is 423 g/mol. The lowest BCUT2D eigenvalue weighted by Crippen LogP contribution is -2.35. The smallest absolute Gasteiger partial charge is 0.258 e. The molecule has 31 heavy (non-hydrogen) atoms. The molecule has 0 aliphatic carbocycles. The molecule has 6 heteroatoms.